The Morgan fingerprint density at radius 1 is 0.582 bits per heavy atom. The number of phosphoric ester groups is 1. The van der Waals surface area contributed by atoms with Gasteiger partial charge in [0.2, 0.25) is 5.91 Å². The van der Waals surface area contributed by atoms with Crippen molar-refractivity contribution in [1.29, 1.82) is 0 Å². The van der Waals surface area contributed by atoms with E-state index in [1.807, 2.05) is 0 Å². The summed E-state index contributed by atoms with van der Waals surface area (Å²) >= 11 is 0. The zero-order chi connectivity index (χ0) is 40.7. The molecule has 0 rings (SSSR count). The van der Waals surface area contributed by atoms with E-state index in [9.17, 15) is 34.1 Å². The average molecular weight is 796 g/mol. The van der Waals surface area contributed by atoms with Gasteiger partial charge in [0.05, 0.1) is 13.2 Å². The molecule has 3 unspecified atom stereocenters. The van der Waals surface area contributed by atoms with Gasteiger partial charge >= 0.3 is 19.8 Å². The SMILES string of the molecule is CCCCC/C=C\C/C=C\C/C=C\C/C=C\CCCCCC(=O)NC(COP(=O)(O)OCC(O)COC(=O)CCCCCCC/C=C\CCCCC)C(=O)O. The van der Waals surface area contributed by atoms with Crippen molar-refractivity contribution in [2.24, 2.45) is 0 Å². The Hall–Kier alpha value is -2.82. The molecule has 0 bridgehead atoms. The summed E-state index contributed by atoms with van der Waals surface area (Å²) in [6.45, 7) is 2.48. The Morgan fingerprint density at radius 3 is 1.53 bits per heavy atom. The lowest BCUT2D eigenvalue weighted by Gasteiger charge is -2.18. The van der Waals surface area contributed by atoms with Crippen molar-refractivity contribution in [2.45, 2.75) is 174 Å². The molecule has 1 amide bonds. The number of hydrogen-bond donors (Lipinski definition) is 4. The average Bonchev–Trinajstić information content (AvgIpc) is 3.16. The number of ether oxygens (including phenoxy) is 1. The predicted octanol–water partition coefficient (Wildman–Crippen LogP) is 10.4. The highest BCUT2D eigenvalue weighted by Crippen LogP contribution is 2.43. The van der Waals surface area contributed by atoms with Crippen molar-refractivity contribution in [2.75, 3.05) is 19.8 Å². The summed E-state index contributed by atoms with van der Waals surface area (Å²) in [6.07, 6.45) is 42.5. The number of rotatable bonds is 38. The molecule has 0 aromatic heterocycles. The summed E-state index contributed by atoms with van der Waals surface area (Å²) in [4.78, 5) is 45.8. The summed E-state index contributed by atoms with van der Waals surface area (Å²) in [6, 6.07) is -1.57. The molecule has 0 saturated carbocycles. The second kappa shape index (κ2) is 38.1. The first-order valence-electron chi connectivity index (χ1n) is 20.8. The molecule has 0 spiro atoms. The van der Waals surface area contributed by atoms with E-state index in [1.165, 1.54) is 44.9 Å². The number of unbranched alkanes of at least 4 members (excludes halogenated alkanes) is 14. The lowest BCUT2D eigenvalue weighted by Crippen LogP contribution is -2.43. The van der Waals surface area contributed by atoms with Crippen LogP contribution in [-0.4, -0.2) is 64.9 Å². The third-order valence-electron chi connectivity index (χ3n) is 8.53. The Morgan fingerprint density at radius 2 is 1.00 bits per heavy atom. The third kappa shape index (κ3) is 37.9. The summed E-state index contributed by atoms with van der Waals surface area (Å²) in [7, 11) is -4.77. The first kappa shape index (κ1) is 52.2. The Balaban J connectivity index is 4.02. The molecule has 4 N–H and O–H groups in total. The number of hydrogen-bond acceptors (Lipinski definition) is 8. The van der Waals surface area contributed by atoms with Crippen LogP contribution in [0.2, 0.25) is 0 Å². The van der Waals surface area contributed by atoms with Gasteiger partial charge in [-0.1, -0.05) is 126 Å². The van der Waals surface area contributed by atoms with Crippen LogP contribution >= 0.6 is 7.82 Å². The maximum Gasteiger partial charge on any atom is 0.472 e. The van der Waals surface area contributed by atoms with Crippen LogP contribution in [0.5, 0.6) is 0 Å². The van der Waals surface area contributed by atoms with Crippen LogP contribution < -0.4 is 5.32 Å². The van der Waals surface area contributed by atoms with Gasteiger partial charge in [0.15, 0.2) is 6.04 Å². The van der Waals surface area contributed by atoms with E-state index in [1.54, 1.807) is 0 Å². The number of aliphatic carboxylic acids is 1. The van der Waals surface area contributed by atoms with Crippen LogP contribution in [0.1, 0.15) is 162 Å². The van der Waals surface area contributed by atoms with Gasteiger partial charge < -0.3 is 25.2 Å². The molecule has 11 nitrogen and oxygen atoms in total. The van der Waals surface area contributed by atoms with Crippen molar-refractivity contribution >= 4 is 25.7 Å². The summed E-state index contributed by atoms with van der Waals surface area (Å²) < 4.78 is 26.7. The number of allylic oxidation sites excluding steroid dienone is 10. The molecule has 55 heavy (non-hydrogen) atoms. The second-order valence-electron chi connectivity index (χ2n) is 13.8. The standard InChI is InChI=1S/C43H74NO10P/c1-3-5-7-9-11-13-15-17-18-19-20-21-22-23-24-26-28-30-32-34-41(46)44-40(43(48)49)38-54-55(50,51)53-37-39(45)36-52-42(47)35-33-31-29-27-25-16-14-12-10-8-6-4-2/h11-14,17-18,20-21,23-24,39-40,45H,3-10,15-16,19,22,25-38H2,1-2H3,(H,44,46)(H,48,49)(H,50,51)/b13-11-,14-12-,18-17-,21-20-,24-23-. The van der Waals surface area contributed by atoms with Crippen molar-refractivity contribution in [1.82, 2.24) is 5.32 Å². The molecule has 3 atom stereocenters. The maximum atomic E-state index is 12.3. The van der Waals surface area contributed by atoms with E-state index in [0.29, 0.717) is 12.8 Å². The number of carboxylic acids is 1. The van der Waals surface area contributed by atoms with Crippen LogP contribution in [0.15, 0.2) is 60.8 Å². The van der Waals surface area contributed by atoms with Gasteiger partial charge in [0.25, 0.3) is 0 Å². The van der Waals surface area contributed by atoms with Gasteiger partial charge in [0.1, 0.15) is 12.7 Å². The zero-order valence-corrected chi connectivity index (χ0v) is 34.9. The highest BCUT2D eigenvalue weighted by atomic mass is 31.2. The van der Waals surface area contributed by atoms with Gasteiger partial charge in [-0.25, -0.2) is 9.36 Å². The largest absolute Gasteiger partial charge is 0.480 e. The van der Waals surface area contributed by atoms with Crippen molar-refractivity contribution in [3.63, 3.8) is 0 Å². The molecule has 0 radical (unpaired) electrons. The number of carbonyl (C=O) groups is 3. The number of aliphatic hydroxyl groups excluding tert-OH is 1. The van der Waals surface area contributed by atoms with Crippen LogP contribution in [-0.2, 0) is 32.7 Å². The predicted molar refractivity (Wildman–Crippen MR) is 222 cm³/mol. The van der Waals surface area contributed by atoms with E-state index in [-0.39, 0.29) is 12.8 Å². The zero-order valence-electron chi connectivity index (χ0n) is 34.0. The molecular weight excluding hydrogens is 721 g/mol. The number of esters is 1. The van der Waals surface area contributed by atoms with E-state index < -0.39 is 57.6 Å². The van der Waals surface area contributed by atoms with Crippen LogP contribution in [0, 0.1) is 0 Å². The second-order valence-corrected chi connectivity index (χ2v) is 15.3. The molecule has 0 aliphatic rings. The molecule has 0 aromatic rings. The fourth-order valence-electron chi connectivity index (χ4n) is 5.23. The third-order valence-corrected chi connectivity index (χ3v) is 9.48. The molecule has 0 fully saturated rings. The minimum Gasteiger partial charge on any atom is -0.480 e. The molecule has 0 heterocycles. The summed E-state index contributed by atoms with van der Waals surface area (Å²) in [5.41, 5.74) is 0. The molecule has 0 aromatic carbocycles. The fourth-order valence-corrected chi connectivity index (χ4v) is 6.00. The molecule has 12 heteroatoms. The Kier molecular flexibility index (Phi) is 36.1. The molecule has 0 aliphatic heterocycles. The lowest BCUT2D eigenvalue weighted by atomic mass is 10.1. The fraction of sp³-hybridized carbons (Fsp3) is 0.698. The normalized spacial score (nSPS) is 14.4. The van der Waals surface area contributed by atoms with E-state index in [2.05, 4.69) is 79.9 Å². The first-order chi connectivity index (χ1) is 26.6. The van der Waals surface area contributed by atoms with Gasteiger partial charge in [0, 0.05) is 12.8 Å². The highest BCUT2D eigenvalue weighted by molar-refractivity contribution is 7.47. The van der Waals surface area contributed by atoms with E-state index >= 15 is 0 Å². The number of aliphatic hydroxyl groups is 1. The highest BCUT2D eigenvalue weighted by Gasteiger charge is 2.28. The van der Waals surface area contributed by atoms with E-state index in [0.717, 1.165) is 77.0 Å². The number of carbonyl (C=O) groups excluding carboxylic acids is 2. The Labute approximate surface area is 332 Å². The van der Waals surface area contributed by atoms with Gasteiger partial charge in [-0.15, -0.1) is 0 Å². The summed E-state index contributed by atoms with van der Waals surface area (Å²) in [5, 5.41) is 21.8. The minimum atomic E-state index is -4.77. The lowest BCUT2D eigenvalue weighted by molar-refractivity contribution is -0.147. The molecular formula is C43H74NO10P. The topological polar surface area (TPSA) is 169 Å². The van der Waals surface area contributed by atoms with Gasteiger partial charge in [-0.2, -0.15) is 0 Å². The van der Waals surface area contributed by atoms with Crippen LogP contribution in [0.3, 0.4) is 0 Å². The number of phosphoric acid groups is 1. The van der Waals surface area contributed by atoms with Crippen LogP contribution in [0.4, 0.5) is 0 Å². The molecule has 316 valence electrons. The van der Waals surface area contributed by atoms with Crippen LogP contribution in [0.25, 0.3) is 0 Å². The first-order valence-corrected chi connectivity index (χ1v) is 22.3. The number of carboxylic acid groups (broad SMARTS) is 1. The van der Waals surface area contributed by atoms with Gasteiger partial charge in [-0.3, -0.25) is 18.6 Å². The van der Waals surface area contributed by atoms with E-state index in [4.69, 9.17) is 13.8 Å². The Bertz CT molecular complexity index is 1170. The van der Waals surface area contributed by atoms with Gasteiger partial charge in [-0.05, 0) is 83.5 Å². The monoisotopic (exact) mass is 796 g/mol. The molecule has 0 saturated heterocycles. The van der Waals surface area contributed by atoms with Crippen molar-refractivity contribution in [3.8, 4) is 0 Å². The minimum absolute atomic E-state index is 0.105. The molecule has 0 aliphatic carbocycles. The number of amides is 1. The summed E-state index contributed by atoms with van der Waals surface area (Å²) in [5.74, 6) is -2.43. The maximum absolute atomic E-state index is 12.3. The quantitative estimate of drug-likeness (QED) is 0.0204. The number of nitrogens with one attached hydrogen (secondary N) is 1. The smallest absolute Gasteiger partial charge is 0.472 e. The van der Waals surface area contributed by atoms with Crippen molar-refractivity contribution in [3.05, 3.63) is 60.8 Å². The van der Waals surface area contributed by atoms with Crippen molar-refractivity contribution < 1.29 is 47.8 Å².